The van der Waals surface area contributed by atoms with E-state index in [0.29, 0.717) is 24.2 Å². The van der Waals surface area contributed by atoms with Crippen LogP contribution >= 0.6 is 0 Å². The van der Waals surface area contributed by atoms with E-state index in [0.717, 1.165) is 36.7 Å². The van der Waals surface area contributed by atoms with Crippen molar-refractivity contribution in [2.24, 2.45) is 5.92 Å². The second kappa shape index (κ2) is 8.47. The molecule has 2 amide bonds. The van der Waals surface area contributed by atoms with E-state index in [-0.39, 0.29) is 17.7 Å². The average molecular weight is 390 g/mol. The summed E-state index contributed by atoms with van der Waals surface area (Å²) in [7, 11) is 0. The summed E-state index contributed by atoms with van der Waals surface area (Å²) < 4.78 is 1.76. The fourth-order valence-corrected chi connectivity index (χ4v) is 4.00. The number of carbonyl (C=O) groups is 2. The Kier molecular flexibility index (Phi) is 5.60. The van der Waals surface area contributed by atoms with Gasteiger partial charge < -0.3 is 10.2 Å². The van der Waals surface area contributed by atoms with Crippen LogP contribution in [-0.2, 0) is 6.54 Å². The lowest BCUT2D eigenvalue weighted by Gasteiger charge is -2.32. The van der Waals surface area contributed by atoms with E-state index in [1.807, 2.05) is 54.3 Å². The normalized spacial score (nSPS) is 16.7. The highest BCUT2D eigenvalue weighted by molar-refractivity contribution is 6.07. The molecule has 2 aromatic carbocycles. The largest absolute Gasteiger partial charge is 0.352 e. The number of nitrogens with one attached hydrogen (secondary N) is 1. The lowest BCUT2D eigenvalue weighted by molar-refractivity contribution is 0.0671. The number of hydrogen-bond donors (Lipinski definition) is 1. The predicted molar refractivity (Wildman–Crippen MR) is 113 cm³/mol. The molecule has 1 aliphatic rings. The number of amides is 2. The molecule has 0 bridgehead atoms. The van der Waals surface area contributed by atoms with Gasteiger partial charge in [-0.15, -0.1) is 0 Å². The van der Waals surface area contributed by atoms with Gasteiger partial charge in [0.15, 0.2) is 0 Å². The van der Waals surface area contributed by atoms with Crippen LogP contribution in [0.25, 0.3) is 10.8 Å². The third kappa shape index (κ3) is 4.16. The number of piperidine rings is 1. The molecule has 1 aliphatic heterocycles. The maximum atomic E-state index is 12.8. The Hall–Kier alpha value is -3.15. The Bertz CT molecular complexity index is 1020. The zero-order chi connectivity index (χ0) is 20.2. The molecule has 6 nitrogen and oxygen atoms in total. The molecule has 3 aromatic rings. The molecule has 6 heteroatoms. The molecule has 150 valence electrons. The summed E-state index contributed by atoms with van der Waals surface area (Å²) in [6.45, 7) is 4.73. The highest BCUT2D eigenvalue weighted by Crippen LogP contribution is 2.20. The fraction of sp³-hybridized carbons (Fsp3) is 0.348. The van der Waals surface area contributed by atoms with Gasteiger partial charge in [-0.1, -0.05) is 36.4 Å². The van der Waals surface area contributed by atoms with Crippen LogP contribution in [0.4, 0.5) is 0 Å². The van der Waals surface area contributed by atoms with Crippen molar-refractivity contribution in [3.63, 3.8) is 0 Å². The quantitative estimate of drug-likeness (QED) is 0.727. The first-order valence-corrected chi connectivity index (χ1v) is 10.2. The molecule has 1 saturated heterocycles. The van der Waals surface area contributed by atoms with E-state index < -0.39 is 0 Å². The minimum Gasteiger partial charge on any atom is -0.352 e. The Labute approximate surface area is 170 Å². The summed E-state index contributed by atoms with van der Waals surface area (Å²) in [4.78, 5) is 27.4. The maximum Gasteiger partial charge on any atom is 0.257 e. The maximum absolute atomic E-state index is 12.8. The molecule has 0 saturated carbocycles. The van der Waals surface area contributed by atoms with Crippen LogP contribution in [-0.4, -0.2) is 46.1 Å². The van der Waals surface area contributed by atoms with Gasteiger partial charge in [0.25, 0.3) is 11.8 Å². The summed E-state index contributed by atoms with van der Waals surface area (Å²) in [5, 5.41) is 9.30. The van der Waals surface area contributed by atoms with Crippen molar-refractivity contribution >= 4 is 22.6 Å². The van der Waals surface area contributed by atoms with E-state index >= 15 is 0 Å². The van der Waals surface area contributed by atoms with E-state index in [2.05, 4.69) is 10.4 Å². The topological polar surface area (TPSA) is 67.2 Å². The number of carbonyl (C=O) groups excluding carboxylic acids is 2. The van der Waals surface area contributed by atoms with Crippen molar-refractivity contribution in [2.75, 3.05) is 19.6 Å². The van der Waals surface area contributed by atoms with Gasteiger partial charge in [0.2, 0.25) is 0 Å². The van der Waals surface area contributed by atoms with Crippen LogP contribution in [0.2, 0.25) is 0 Å². The monoisotopic (exact) mass is 390 g/mol. The van der Waals surface area contributed by atoms with Gasteiger partial charge in [0, 0.05) is 37.9 Å². The summed E-state index contributed by atoms with van der Waals surface area (Å²) in [6.07, 6.45) is 5.39. The number of benzene rings is 2. The van der Waals surface area contributed by atoms with E-state index in [1.165, 1.54) is 0 Å². The highest BCUT2D eigenvalue weighted by Gasteiger charge is 2.25. The second-order valence-electron chi connectivity index (χ2n) is 7.58. The van der Waals surface area contributed by atoms with Gasteiger partial charge in [0.1, 0.15) is 0 Å². The molecule has 29 heavy (non-hydrogen) atoms. The number of aryl methyl sites for hydroxylation is 1. The molecular formula is C23H26N4O2. The molecule has 2 heterocycles. The molecule has 1 aromatic heterocycles. The molecule has 1 N–H and O–H groups in total. The smallest absolute Gasteiger partial charge is 0.257 e. The van der Waals surface area contributed by atoms with Crippen LogP contribution in [0.3, 0.4) is 0 Å². The third-order valence-electron chi connectivity index (χ3n) is 5.60. The Morgan fingerprint density at radius 3 is 2.83 bits per heavy atom. The molecule has 0 radical (unpaired) electrons. The van der Waals surface area contributed by atoms with Crippen molar-refractivity contribution in [3.8, 4) is 0 Å². The van der Waals surface area contributed by atoms with Crippen LogP contribution in [0, 0.1) is 5.92 Å². The van der Waals surface area contributed by atoms with Gasteiger partial charge in [-0.3, -0.25) is 14.3 Å². The van der Waals surface area contributed by atoms with Crippen LogP contribution in [0.1, 0.15) is 40.5 Å². The van der Waals surface area contributed by atoms with E-state index in [9.17, 15) is 9.59 Å². The lowest BCUT2D eigenvalue weighted by atomic mass is 9.97. The van der Waals surface area contributed by atoms with Gasteiger partial charge in [-0.2, -0.15) is 5.10 Å². The lowest BCUT2D eigenvalue weighted by Crippen LogP contribution is -2.43. The van der Waals surface area contributed by atoms with E-state index in [1.54, 1.807) is 17.1 Å². The molecule has 1 fully saturated rings. The standard InChI is InChI=1S/C23H26N4O2/c1-2-27-16-19(14-25-27)23(29)26-12-6-7-17(15-26)13-24-22(28)21-11-5-9-18-8-3-4-10-20(18)21/h3-5,8-11,14,16-17H,2,6-7,12-13,15H2,1H3,(H,24,28)/t17-/m1/s1. The number of hydrogen-bond acceptors (Lipinski definition) is 3. The van der Waals surface area contributed by atoms with Crippen molar-refractivity contribution in [3.05, 3.63) is 66.0 Å². The predicted octanol–water partition coefficient (Wildman–Crippen LogP) is 3.34. The molecular weight excluding hydrogens is 364 g/mol. The number of aromatic nitrogens is 2. The first-order chi connectivity index (χ1) is 14.2. The number of fused-ring (bicyclic) bond motifs is 1. The summed E-state index contributed by atoms with van der Waals surface area (Å²) in [6, 6.07) is 13.7. The molecule has 0 spiro atoms. The number of nitrogens with zero attached hydrogens (tertiary/aromatic N) is 3. The highest BCUT2D eigenvalue weighted by atomic mass is 16.2. The molecule has 0 aliphatic carbocycles. The number of rotatable bonds is 5. The zero-order valence-corrected chi connectivity index (χ0v) is 16.7. The fourth-order valence-electron chi connectivity index (χ4n) is 4.00. The van der Waals surface area contributed by atoms with Crippen molar-refractivity contribution < 1.29 is 9.59 Å². The molecule has 1 atom stereocenters. The third-order valence-corrected chi connectivity index (χ3v) is 5.60. The van der Waals surface area contributed by atoms with Gasteiger partial charge >= 0.3 is 0 Å². The summed E-state index contributed by atoms with van der Waals surface area (Å²) >= 11 is 0. The van der Waals surface area contributed by atoms with Crippen molar-refractivity contribution in [2.45, 2.75) is 26.3 Å². The van der Waals surface area contributed by atoms with Crippen LogP contribution in [0.5, 0.6) is 0 Å². The summed E-state index contributed by atoms with van der Waals surface area (Å²) in [5.41, 5.74) is 1.33. The average Bonchev–Trinajstić information content (AvgIpc) is 3.26. The van der Waals surface area contributed by atoms with Crippen molar-refractivity contribution in [1.29, 1.82) is 0 Å². The first kappa shape index (κ1) is 19.2. The first-order valence-electron chi connectivity index (χ1n) is 10.2. The Morgan fingerprint density at radius 2 is 2.00 bits per heavy atom. The SMILES string of the molecule is CCn1cc(C(=O)N2CCC[C@H](CNC(=O)c3cccc4ccccc34)C2)cn1. The molecule has 4 rings (SSSR count). The number of likely N-dealkylation sites (tertiary alicyclic amines) is 1. The van der Waals surface area contributed by atoms with Gasteiger partial charge in [-0.05, 0) is 42.5 Å². The Morgan fingerprint density at radius 1 is 1.17 bits per heavy atom. The van der Waals surface area contributed by atoms with Gasteiger partial charge in [-0.25, -0.2) is 0 Å². The second-order valence-corrected chi connectivity index (χ2v) is 7.58. The van der Waals surface area contributed by atoms with Crippen LogP contribution < -0.4 is 5.32 Å². The summed E-state index contributed by atoms with van der Waals surface area (Å²) in [5.74, 6) is 0.220. The van der Waals surface area contributed by atoms with Crippen molar-refractivity contribution in [1.82, 2.24) is 20.0 Å². The molecule has 0 unspecified atom stereocenters. The minimum atomic E-state index is -0.0607. The van der Waals surface area contributed by atoms with E-state index in [4.69, 9.17) is 0 Å². The minimum absolute atomic E-state index is 0.0229. The zero-order valence-electron chi connectivity index (χ0n) is 16.7. The van der Waals surface area contributed by atoms with Crippen LogP contribution in [0.15, 0.2) is 54.9 Å². The Balaban J connectivity index is 1.38. The van der Waals surface area contributed by atoms with Gasteiger partial charge in [0.05, 0.1) is 11.8 Å².